The molecule has 0 saturated heterocycles. The maximum absolute atomic E-state index is 3.46. The lowest BCUT2D eigenvalue weighted by molar-refractivity contribution is 1.25. The minimum absolute atomic E-state index is 0.923. The molecule has 1 heterocycles. The van der Waals surface area contributed by atoms with Crippen molar-refractivity contribution in [3.8, 4) is 0 Å². The fourth-order valence-corrected chi connectivity index (χ4v) is 1.94. The van der Waals surface area contributed by atoms with E-state index in [2.05, 4.69) is 53.0 Å². The molecule has 0 aliphatic rings. The number of alkyl halides is 1. The third-order valence-electron chi connectivity index (χ3n) is 2.53. The summed E-state index contributed by atoms with van der Waals surface area (Å²) < 4.78 is 0. The summed E-state index contributed by atoms with van der Waals surface area (Å²) in [5, 5.41) is 2.27. The maximum atomic E-state index is 3.46. The molecule has 2 heteroatoms. The van der Waals surface area contributed by atoms with Gasteiger partial charge in [0, 0.05) is 21.9 Å². The van der Waals surface area contributed by atoms with Crippen LogP contribution < -0.4 is 0 Å². The Hall–Kier alpha value is -0.760. The van der Waals surface area contributed by atoms with Gasteiger partial charge in [0.1, 0.15) is 0 Å². The molecule has 1 aromatic carbocycles. The normalized spacial score (nSPS) is 11.0. The standard InChI is InChI=1S/C11H12BrN/c1-7-8(2)13-11-4-3-9(6-12)5-10(7)11/h3-5,13H,6H2,1-2H3. The van der Waals surface area contributed by atoms with Gasteiger partial charge in [0.25, 0.3) is 0 Å². The second-order valence-electron chi connectivity index (χ2n) is 3.39. The van der Waals surface area contributed by atoms with Crippen LogP contribution in [0.5, 0.6) is 0 Å². The van der Waals surface area contributed by atoms with Gasteiger partial charge in [0.2, 0.25) is 0 Å². The number of aryl methyl sites for hydroxylation is 2. The first-order valence-electron chi connectivity index (χ1n) is 4.36. The van der Waals surface area contributed by atoms with E-state index in [1.54, 1.807) is 0 Å². The molecule has 0 atom stereocenters. The monoisotopic (exact) mass is 237 g/mol. The first-order chi connectivity index (χ1) is 6.22. The summed E-state index contributed by atoms with van der Waals surface area (Å²) in [6.45, 7) is 4.27. The lowest BCUT2D eigenvalue weighted by atomic mass is 10.1. The second-order valence-corrected chi connectivity index (χ2v) is 3.95. The number of benzene rings is 1. The van der Waals surface area contributed by atoms with Gasteiger partial charge in [-0.25, -0.2) is 0 Å². The van der Waals surface area contributed by atoms with Crippen molar-refractivity contribution in [1.29, 1.82) is 0 Å². The number of fused-ring (bicyclic) bond motifs is 1. The van der Waals surface area contributed by atoms with Gasteiger partial charge >= 0.3 is 0 Å². The molecule has 1 N–H and O–H groups in total. The van der Waals surface area contributed by atoms with Crippen molar-refractivity contribution in [2.24, 2.45) is 0 Å². The second kappa shape index (κ2) is 3.18. The van der Waals surface area contributed by atoms with E-state index in [1.165, 1.54) is 27.7 Å². The Morgan fingerprint density at radius 3 is 2.77 bits per heavy atom. The molecule has 0 unspecified atom stereocenters. The van der Waals surface area contributed by atoms with Crippen LogP contribution in [0.1, 0.15) is 16.8 Å². The van der Waals surface area contributed by atoms with E-state index in [9.17, 15) is 0 Å². The van der Waals surface area contributed by atoms with Gasteiger partial charge in [-0.15, -0.1) is 0 Å². The molecule has 0 saturated carbocycles. The van der Waals surface area contributed by atoms with Crippen molar-refractivity contribution < 1.29 is 0 Å². The maximum Gasteiger partial charge on any atom is 0.0458 e. The predicted molar refractivity (Wildman–Crippen MR) is 60.4 cm³/mol. The minimum atomic E-state index is 0.923. The predicted octanol–water partition coefficient (Wildman–Crippen LogP) is 3.68. The van der Waals surface area contributed by atoms with Gasteiger partial charge in [-0.3, -0.25) is 0 Å². The van der Waals surface area contributed by atoms with Crippen LogP contribution in [0.4, 0.5) is 0 Å². The zero-order valence-corrected chi connectivity index (χ0v) is 9.40. The number of halogens is 1. The molecule has 0 amide bonds. The zero-order valence-electron chi connectivity index (χ0n) is 7.82. The van der Waals surface area contributed by atoms with Crippen LogP contribution >= 0.6 is 15.9 Å². The molecule has 1 aromatic heterocycles. The summed E-state index contributed by atoms with van der Waals surface area (Å²) in [6.07, 6.45) is 0. The van der Waals surface area contributed by atoms with Crippen molar-refractivity contribution >= 4 is 26.8 Å². The molecular weight excluding hydrogens is 226 g/mol. The fraction of sp³-hybridized carbons (Fsp3) is 0.273. The summed E-state index contributed by atoms with van der Waals surface area (Å²) in [7, 11) is 0. The van der Waals surface area contributed by atoms with Crippen LogP contribution in [0.15, 0.2) is 18.2 Å². The van der Waals surface area contributed by atoms with Crippen molar-refractivity contribution in [3.05, 3.63) is 35.0 Å². The van der Waals surface area contributed by atoms with Crippen LogP contribution in [0.2, 0.25) is 0 Å². The molecule has 1 nitrogen and oxygen atoms in total. The van der Waals surface area contributed by atoms with E-state index in [1.807, 2.05) is 0 Å². The summed E-state index contributed by atoms with van der Waals surface area (Å²) in [6, 6.07) is 6.53. The lowest BCUT2D eigenvalue weighted by Gasteiger charge is -1.96. The summed E-state index contributed by atoms with van der Waals surface area (Å²) in [5.41, 5.74) is 5.19. The molecule has 0 spiro atoms. The van der Waals surface area contributed by atoms with Crippen molar-refractivity contribution in [3.63, 3.8) is 0 Å². The molecule has 2 aromatic rings. The third kappa shape index (κ3) is 1.39. The molecule has 0 radical (unpaired) electrons. The topological polar surface area (TPSA) is 15.8 Å². The van der Waals surface area contributed by atoms with E-state index in [-0.39, 0.29) is 0 Å². The Morgan fingerprint density at radius 1 is 1.31 bits per heavy atom. The highest BCUT2D eigenvalue weighted by atomic mass is 79.9. The molecule has 2 rings (SSSR count). The van der Waals surface area contributed by atoms with Crippen molar-refractivity contribution in [2.45, 2.75) is 19.2 Å². The average Bonchev–Trinajstić information content (AvgIpc) is 2.43. The number of rotatable bonds is 1. The average molecular weight is 238 g/mol. The van der Waals surface area contributed by atoms with Gasteiger partial charge in [-0.05, 0) is 37.1 Å². The SMILES string of the molecule is Cc1[nH]c2ccc(CBr)cc2c1C. The van der Waals surface area contributed by atoms with Gasteiger partial charge in [0.15, 0.2) is 0 Å². The van der Waals surface area contributed by atoms with Crippen LogP contribution in [0, 0.1) is 13.8 Å². The minimum Gasteiger partial charge on any atom is -0.358 e. The van der Waals surface area contributed by atoms with Crippen LogP contribution in [-0.4, -0.2) is 4.98 Å². The molecule has 0 bridgehead atoms. The van der Waals surface area contributed by atoms with Gasteiger partial charge in [-0.1, -0.05) is 22.0 Å². The molecule has 68 valence electrons. The molecule has 13 heavy (non-hydrogen) atoms. The number of H-pyrrole nitrogens is 1. The van der Waals surface area contributed by atoms with Crippen LogP contribution in [0.25, 0.3) is 10.9 Å². The Kier molecular flexibility index (Phi) is 2.16. The van der Waals surface area contributed by atoms with E-state index >= 15 is 0 Å². The van der Waals surface area contributed by atoms with Crippen molar-refractivity contribution in [1.82, 2.24) is 4.98 Å². The summed E-state index contributed by atoms with van der Waals surface area (Å²) in [5.74, 6) is 0. The number of hydrogen-bond donors (Lipinski definition) is 1. The molecular formula is C11H12BrN. The van der Waals surface area contributed by atoms with Crippen molar-refractivity contribution in [2.75, 3.05) is 0 Å². The third-order valence-corrected chi connectivity index (χ3v) is 3.17. The van der Waals surface area contributed by atoms with Crippen LogP contribution in [0.3, 0.4) is 0 Å². The quantitative estimate of drug-likeness (QED) is 0.729. The van der Waals surface area contributed by atoms with Crippen LogP contribution in [-0.2, 0) is 5.33 Å². The zero-order chi connectivity index (χ0) is 9.42. The van der Waals surface area contributed by atoms with Gasteiger partial charge in [0.05, 0.1) is 0 Å². The smallest absolute Gasteiger partial charge is 0.0458 e. The Labute approximate surface area is 86.3 Å². The molecule has 0 fully saturated rings. The highest BCUT2D eigenvalue weighted by Gasteiger charge is 2.03. The Balaban J connectivity index is 2.75. The van der Waals surface area contributed by atoms with E-state index in [0.29, 0.717) is 0 Å². The highest BCUT2D eigenvalue weighted by Crippen LogP contribution is 2.23. The van der Waals surface area contributed by atoms with Gasteiger partial charge in [-0.2, -0.15) is 0 Å². The number of aromatic amines is 1. The molecule has 0 aliphatic carbocycles. The largest absolute Gasteiger partial charge is 0.358 e. The number of hydrogen-bond acceptors (Lipinski definition) is 0. The summed E-state index contributed by atoms with van der Waals surface area (Å²) >= 11 is 3.46. The van der Waals surface area contributed by atoms with E-state index in [0.717, 1.165) is 5.33 Å². The summed E-state index contributed by atoms with van der Waals surface area (Å²) in [4.78, 5) is 3.36. The number of aromatic nitrogens is 1. The lowest BCUT2D eigenvalue weighted by Crippen LogP contribution is -1.76. The van der Waals surface area contributed by atoms with Gasteiger partial charge < -0.3 is 4.98 Å². The highest BCUT2D eigenvalue weighted by molar-refractivity contribution is 9.08. The fourth-order valence-electron chi connectivity index (χ4n) is 1.59. The Bertz CT molecular complexity index is 443. The Morgan fingerprint density at radius 2 is 2.08 bits per heavy atom. The number of nitrogens with one attached hydrogen (secondary N) is 1. The molecule has 0 aliphatic heterocycles. The first kappa shape index (κ1) is 8.82. The van der Waals surface area contributed by atoms with E-state index < -0.39 is 0 Å². The van der Waals surface area contributed by atoms with E-state index in [4.69, 9.17) is 0 Å². The first-order valence-corrected chi connectivity index (χ1v) is 5.48.